The Balaban J connectivity index is 1.36. The highest BCUT2D eigenvalue weighted by Gasteiger charge is 2.46. The van der Waals surface area contributed by atoms with Gasteiger partial charge in [0.1, 0.15) is 5.75 Å². The number of methoxy groups -OCH3 is 1. The van der Waals surface area contributed by atoms with E-state index in [0.717, 1.165) is 16.7 Å². The molecule has 0 radical (unpaired) electrons. The third-order valence-corrected chi connectivity index (χ3v) is 6.87. The molecule has 1 fully saturated rings. The lowest BCUT2D eigenvalue weighted by Gasteiger charge is -2.24. The summed E-state index contributed by atoms with van der Waals surface area (Å²) in [6.45, 7) is 2.46. The van der Waals surface area contributed by atoms with Crippen molar-refractivity contribution in [3.8, 4) is 5.75 Å². The van der Waals surface area contributed by atoms with E-state index in [0.29, 0.717) is 22.6 Å². The van der Waals surface area contributed by atoms with E-state index in [1.54, 1.807) is 67.0 Å². The second-order valence-corrected chi connectivity index (χ2v) is 9.72. The molecule has 1 aliphatic rings. The minimum Gasteiger partial charge on any atom is -0.496 e. The van der Waals surface area contributed by atoms with Crippen molar-refractivity contribution in [1.29, 1.82) is 0 Å². The lowest BCUT2D eigenvalue weighted by molar-refractivity contribution is -0.126. The van der Waals surface area contributed by atoms with E-state index in [9.17, 15) is 14.4 Å². The predicted octanol–water partition coefficient (Wildman–Crippen LogP) is 5.03. The van der Waals surface area contributed by atoms with E-state index in [1.165, 1.54) is 12.0 Å². The summed E-state index contributed by atoms with van der Waals surface area (Å²) in [4.78, 5) is 45.0. The molecule has 2 atom stereocenters. The molecule has 9 nitrogen and oxygen atoms in total. The van der Waals surface area contributed by atoms with E-state index in [1.807, 2.05) is 37.3 Å². The summed E-state index contributed by atoms with van der Waals surface area (Å²) < 4.78 is 11.1. The molecule has 208 valence electrons. The largest absolute Gasteiger partial charge is 0.496 e. The van der Waals surface area contributed by atoms with Crippen molar-refractivity contribution in [2.75, 3.05) is 12.4 Å². The average Bonchev–Trinajstić information content (AvgIpc) is 3.33. The number of carbonyl (C=O) groups is 3. The van der Waals surface area contributed by atoms with Gasteiger partial charge >= 0.3 is 6.09 Å². The maximum Gasteiger partial charge on any atom is 0.411 e. The first-order valence-electron chi connectivity index (χ1n) is 13.2. The number of pyridine rings is 1. The number of cyclic esters (lactones) is 1. The molecule has 3 amide bonds. The van der Waals surface area contributed by atoms with Crippen LogP contribution in [0.15, 0.2) is 97.3 Å². The van der Waals surface area contributed by atoms with Crippen LogP contribution in [-0.2, 0) is 22.6 Å². The van der Waals surface area contributed by atoms with Crippen LogP contribution in [0.4, 0.5) is 10.5 Å². The molecule has 1 aromatic heterocycles. The number of rotatable bonds is 9. The standard InChI is InChI=1S/C32H30N4O5/c1-21-9-11-22(12-10-21)20-36-28(31(38)34-19-23-6-5-17-33-18-23)29(41-32(36)39)24-13-15-25(16-14-24)35-30(37)26-7-3-4-8-27(26)40-2/h3-18,28-29H,19-20H2,1-2H3,(H,34,38)(H,35,37)/t28-,29-/m0/s1. The Hall–Kier alpha value is -5.18. The molecule has 1 saturated heterocycles. The van der Waals surface area contributed by atoms with Crippen LogP contribution in [0.5, 0.6) is 5.75 Å². The van der Waals surface area contributed by atoms with Crippen LogP contribution in [0, 0.1) is 6.92 Å². The number of amides is 3. The topological polar surface area (TPSA) is 110 Å². The van der Waals surface area contributed by atoms with Crippen molar-refractivity contribution in [2.24, 2.45) is 0 Å². The fourth-order valence-corrected chi connectivity index (χ4v) is 4.68. The van der Waals surface area contributed by atoms with Crippen LogP contribution in [0.3, 0.4) is 0 Å². The normalized spacial score (nSPS) is 16.1. The molecular weight excluding hydrogens is 520 g/mol. The minimum atomic E-state index is -0.908. The summed E-state index contributed by atoms with van der Waals surface area (Å²) in [6, 6.07) is 24.4. The molecule has 2 N–H and O–H groups in total. The molecule has 4 aromatic rings. The molecule has 41 heavy (non-hydrogen) atoms. The lowest BCUT2D eigenvalue weighted by atomic mass is 10.00. The molecule has 0 bridgehead atoms. The Kier molecular flexibility index (Phi) is 8.24. The molecule has 0 aliphatic carbocycles. The Labute approximate surface area is 238 Å². The fourth-order valence-electron chi connectivity index (χ4n) is 4.68. The molecule has 3 aromatic carbocycles. The van der Waals surface area contributed by atoms with Crippen molar-refractivity contribution >= 4 is 23.6 Å². The molecule has 0 saturated carbocycles. The highest BCUT2D eigenvalue weighted by molar-refractivity contribution is 6.06. The Morgan fingerprint density at radius 3 is 2.41 bits per heavy atom. The van der Waals surface area contributed by atoms with Crippen LogP contribution < -0.4 is 15.4 Å². The first-order valence-corrected chi connectivity index (χ1v) is 13.2. The van der Waals surface area contributed by atoms with Crippen LogP contribution in [0.2, 0.25) is 0 Å². The highest BCUT2D eigenvalue weighted by Crippen LogP contribution is 2.35. The van der Waals surface area contributed by atoms with Crippen molar-refractivity contribution in [3.05, 3.63) is 125 Å². The number of benzene rings is 3. The van der Waals surface area contributed by atoms with Crippen molar-refractivity contribution < 1.29 is 23.9 Å². The van der Waals surface area contributed by atoms with Crippen LogP contribution >= 0.6 is 0 Å². The van der Waals surface area contributed by atoms with Gasteiger partial charge in [-0.05, 0) is 53.9 Å². The van der Waals surface area contributed by atoms with Crippen molar-refractivity contribution in [2.45, 2.75) is 32.2 Å². The number of carbonyl (C=O) groups excluding carboxylic acids is 3. The van der Waals surface area contributed by atoms with Crippen molar-refractivity contribution in [3.63, 3.8) is 0 Å². The summed E-state index contributed by atoms with van der Waals surface area (Å²) in [5.74, 6) is -0.196. The number of para-hydroxylation sites is 1. The van der Waals surface area contributed by atoms with Gasteiger partial charge in [0.25, 0.3) is 5.91 Å². The average molecular weight is 551 g/mol. The summed E-state index contributed by atoms with van der Waals surface area (Å²) in [5, 5.41) is 5.79. The Bertz CT molecular complexity index is 1520. The number of anilines is 1. The van der Waals surface area contributed by atoms with E-state index in [2.05, 4.69) is 15.6 Å². The van der Waals surface area contributed by atoms with Gasteiger partial charge in [-0.15, -0.1) is 0 Å². The summed E-state index contributed by atoms with van der Waals surface area (Å²) in [6.07, 6.45) is 1.92. The second kappa shape index (κ2) is 12.3. The maximum absolute atomic E-state index is 13.6. The number of hydrogen-bond acceptors (Lipinski definition) is 6. The third-order valence-electron chi connectivity index (χ3n) is 6.87. The second-order valence-electron chi connectivity index (χ2n) is 9.72. The van der Waals surface area contributed by atoms with Gasteiger partial charge < -0.3 is 20.1 Å². The quantitative estimate of drug-likeness (QED) is 0.303. The van der Waals surface area contributed by atoms with E-state index >= 15 is 0 Å². The molecule has 5 rings (SSSR count). The number of ether oxygens (including phenoxy) is 2. The smallest absolute Gasteiger partial charge is 0.411 e. The van der Waals surface area contributed by atoms with Crippen molar-refractivity contribution in [1.82, 2.24) is 15.2 Å². The van der Waals surface area contributed by atoms with Gasteiger partial charge in [0.05, 0.1) is 19.2 Å². The fraction of sp³-hybridized carbons (Fsp3) is 0.188. The number of hydrogen-bond donors (Lipinski definition) is 2. The molecule has 0 unspecified atom stereocenters. The van der Waals surface area contributed by atoms with Crippen LogP contribution in [0.1, 0.15) is 38.7 Å². The third kappa shape index (κ3) is 6.36. The van der Waals surface area contributed by atoms with Gasteiger partial charge in [-0.3, -0.25) is 19.5 Å². The minimum absolute atomic E-state index is 0.216. The van der Waals surface area contributed by atoms with Crippen LogP contribution in [0.25, 0.3) is 0 Å². The van der Waals surface area contributed by atoms with Gasteiger partial charge in [-0.2, -0.15) is 0 Å². The number of aryl methyl sites for hydroxylation is 1. The van der Waals surface area contributed by atoms with E-state index in [4.69, 9.17) is 9.47 Å². The van der Waals surface area contributed by atoms with E-state index in [-0.39, 0.29) is 24.9 Å². The molecule has 2 heterocycles. The first kappa shape index (κ1) is 27.4. The molecular formula is C32H30N4O5. The maximum atomic E-state index is 13.6. The van der Waals surface area contributed by atoms with Gasteiger partial charge in [0.15, 0.2) is 12.1 Å². The van der Waals surface area contributed by atoms with Gasteiger partial charge in [0.2, 0.25) is 5.91 Å². The van der Waals surface area contributed by atoms with Gasteiger partial charge in [-0.25, -0.2) is 4.79 Å². The van der Waals surface area contributed by atoms with Crippen LogP contribution in [-0.4, -0.2) is 40.9 Å². The zero-order valence-corrected chi connectivity index (χ0v) is 22.7. The summed E-state index contributed by atoms with van der Waals surface area (Å²) in [7, 11) is 1.51. The summed E-state index contributed by atoms with van der Waals surface area (Å²) >= 11 is 0. The highest BCUT2D eigenvalue weighted by atomic mass is 16.6. The predicted molar refractivity (Wildman–Crippen MR) is 153 cm³/mol. The Morgan fingerprint density at radius 1 is 0.951 bits per heavy atom. The zero-order valence-electron chi connectivity index (χ0n) is 22.7. The Morgan fingerprint density at radius 2 is 1.71 bits per heavy atom. The monoisotopic (exact) mass is 550 g/mol. The lowest BCUT2D eigenvalue weighted by Crippen LogP contribution is -2.46. The molecule has 0 spiro atoms. The molecule has 9 heteroatoms. The van der Waals surface area contributed by atoms with Gasteiger partial charge in [-0.1, -0.05) is 60.2 Å². The molecule has 1 aliphatic heterocycles. The summed E-state index contributed by atoms with van der Waals surface area (Å²) in [5.41, 5.74) is 4.39. The number of aromatic nitrogens is 1. The van der Waals surface area contributed by atoms with E-state index < -0.39 is 18.2 Å². The number of nitrogens with zero attached hydrogens (tertiary/aromatic N) is 2. The SMILES string of the molecule is COc1ccccc1C(=O)Nc1ccc([C@@H]2OC(=O)N(Cc3ccc(C)cc3)[C@@H]2C(=O)NCc2cccnc2)cc1. The first-order chi connectivity index (χ1) is 19.9. The number of nitrogens with one attached hydrogen (secondary N) is 2. The van der Waals surface area contributed by atoms with Gasteiger partial charge in [0, 0.05) is 24.6 Å². The zero-order chi connectivity index (χ0) is 28.8.